The highest BCUT2D eigenvalue weighted by Crippen LogP contribution is 2.44. The quantitative estimate of drug-likeness (QED) is 0.538. The summed E-state index contributed by atoms with van der Waals surface area (Å²) in [5.74, 6) is -0.675. The third-order valence-electron chi connectivity index (χ3n) is 5.76. The Balaban J connectivity index is 1.97. The van der Waals surface area contributed by atoms with Crippen molar-refractivity contribution in [2.45, 2.75) is 52.5 Å². The first-order chi connectivity index (χ1) is 13.6. The minimum atomic E-state index is -0.616. The lowest BCUT2D eigenvalue weighted by Gasteiger charge is -2.47. The maximum atomic E-state index is 12.6. The number of hydrogen-bond donors (Lipinski definition) is 0. The predicted octanol–water partition coefficient (Wildman–Crippen LogP) is 4.32. The van der Waals surface area contributed by atoms with Gasteiger partial charge in [0.1, 0.15) is 6.54 Å². The van der Waals surface area contributed by atoms with Crippen LogP contribution in [0.3, 0.4) is 0 Å². The molecule has 29 heavy (non-hydrogen) atoms. The van der Waals surface area contributed by atoms with E-state index in [0.717, 1.165) is 40.8 Å². The van der Waals surface area contributed by atoms with Crippen molar-refractivity contribution in [1.29, 1.82) is 0 Å². The molecule has 1 fully saturated rings. The zero-order valence-corrected chi connectivity index (χ0v) is 18.7. The van der Waals surface area contributed by atoms with Gasteiger partial charge in [-0.1, -0.05) is 6.92 Å². The Morgan fingerprint density at radius 1 is 1.34 bits per heavy atom. The standard InChI is InChI=1S/C22H28N2O4S/c1-7-24-17-8-13(2)15(9-16(17)14(3)11-22(24,4)5)10-18-20(26)23(21(27)29-18)12-19(25)28-6/h8-10,14H,7,11-12H2,1-6H3/b18-10+/t14-/m1/s1. The molecule has 156 valence electrons. The number of benzene rings is 1. The zero-order chi connectivity index (χ0) is 21.5. The molecule has 3 rings (SSSR count). The number of rotatable bonds is 4. The fraction of sp³-hybridized carbons (Fsp3) is 0.500. The molecule has 2 aliphatic rings. The molecule has 2 amide bonds. The summed E-state index contributed by atoms with van der Waals surface area (Å²) < 4.78 is 4.57. The summed E-state index contributed by atoms with van der Waals surface area (Å²) in [4.78, 5) is 40.0. The van der Waals surface area contributed by atoms with E-state index in [2.05, 4.69) is 49.5 Å². The highest BCUT2D eigenvalue weighted by atomic mass is 32.2. The number of carbonyl (C=O) groups is 3. The molecule has 7 heteroatoms. The maximum Gasteiger partial charge on any atom is 0.325 e. The third kappa shape index (κ3) is 3.92. The Kier molecular flexibility index (Phi) is 5.81. The number of aryl methyl sites for hydroxylation is 1. The fourth-order valence-electron chi connectivity index (χ4n) is 4.38. The lowest BCUT2D eigenvalue weighted by molar-refractivity contribution is -0.143. The summed E-state index contributed by atoms with van der Waals surface area (Å²) in [5, 5.41) is -0.450. The van der Waals surface area contributed by atoms with Gasteiger partial charge in [0.15, 0.2) is 0 Å². The van der Waals surface area contributed by atoms with Gasteiger partial charge in [-0.25, -0.2) is 0 Å². The SMILES string of the molecule is CCN1c2cc(C)c(/C=C3/SC(=O)N(CC(=O)OC)C3=O)cc2[C@H](C)CC1(C)C. The number of imide groups is 1. The number of carbonyl (C=O) groups excluding carboxylic acids is 3. The van der Waals surface area contributed by atoms with Crippen molar-refractivity contribution in [2.75, 3.05) is 25.1 Å². The van der Waals surface area contributed by atoms with E-state index in [0.29, 0.717) is 10.8 Å². The van der Waals surface area contributed by atoms with E-state index in [-0.39, 0.29) is 12.1 Å². The zero-order valence-electron chi connectivity index (χ0n) is 17.9. The van der Waals surface area contributed by atoms with E-state index in [9.17, 15) is 14.4 Å². The van der Waals surface area contributed by atoms with Gasteiger partial charge in [-0.15, -0.1) is 0 Å². The smallest absolute Gasteiger partial charge is 0.325 e. The van der Waals surface area contributed by atoms with Gasteiger partial charge in [-0.05, 0) is 86.7 Å². The summed E-state index contributed by atoms with van der Waals surface area (Å²) >= 11 is 0.861. The second-order valence-corrected chi connectivity index (χ2v) is 9.27. The molecule has 0 spiro atoms. The van der Waals surface area contributed by atoms with E-state index < -0.39 is 17.1 Å². The number of methoxy groups -OCH3 is 1. The number of ether oxygens (including phenoxy) is 1. The van der Waals surface area contributed by atoms with Crippen molar-refractivity contribution >= 4 is 40.6 Å². The number of esters is 1. The molecule has 2 heterocycles. The Morgan fingerprint density at radius 2 is 2.03 bits per heavy atom. The van der Waals surface area contributed by atoms with Gasteiger partial charge in [0.05, 0.1) is 12.0 Å². The van der Waals surface area contributed by atoms with Crippen molar-refractivity contribution in [1.82, 2.24) is 4.90 Å². The Hall–Kier alpha value is -2.28. The first-order valence-corrected chi connectivity index (χ1v) is 10.6. The van der Waals surface area contributed by atoms with Crippen LogP contribution in [-0.4, -0.2) is 47.8 Å². The van der Waals surface area contributed by atoms with Gasteiger partial charge in [0.2, 0.25) is 0 Å². The molecule has 2 aliphatic heterocycles. The minimum absolute atomic E-state index is 0.0890. The summed E-state index contributed by atoms with van der Waals surface area (Å²) in [5.41, 5.74) is 4.56. The number of fused-ring (bicyclic) bond motifs is 1. The van der Waals surface area contributed by atoms with Crippen molar-refractivity contribution in [3.8, 4) is 0 Å². The van der Waals surface area contributed by atoms with Crippen molar-refractivity contribution < 1.29 is 19.1 Å². The molecular formula is C22H28N2O4S. The molecular weight excluding hydrogens is 388 g/mol. The summed E-state index contributed by atoms with van der Waals surface area (Å²) in [6, 6.07) is 4.32. The van der Waals surface area contributed by atoms with E-state index in [1.54, 1.807) is 6.08 Å². The maximum absolute atomic E-state index is 12.6. The molecule has 0 aromatic heterocycles. The number of thioether (sulfide) groups is 1. The number of hydrogen-bond acceptors (Lipinski definition) is 6. The van der Waals surface area contributed by atoms with E-state index in [4.69, 9.17) is 0 Å². The van der Waals surface area contributed by atoms with Gasteiger partial charge in [-0.2, -0.15) is 0 Å². The predicted molar refractivity (Wildman–Crippen MR) is 116 cm³/mol. The number of nitrogens with zero attached hydrogens (tertiary/aromatic N) is 2. The van der Waals surface area contributed by atoms with Crippen molar-refractivity contribution in [3.05, 3.63) is 33.7 Å². The molecule has 1 atom stereocenters. The van der Waals surface area contributed by atoms with E-state index in [1.807, 2.05) is 6.92 Å². The van der Waals surface area contributed by atoms with E-state index >= 15 is 0 Å². The molecule has 0 N–H and O–H groups in total. The fourth-order valence-corrected chi connectivity index (χ4v) is 5.21. The van der Waals surface area contributed by atoms with Gasteiger partial charge in [-0.3, -0.25) is 19.3 Å². The highest BCUT2D eigenvalue weighted by molar-refractivity contribution is 8.18. The second kappa shape index (κ2) is 7.86. The highest BCUT2D eigenvalue weighted by Gasteiger charge is 2.38. The van der Waals surface area contributed by atoms with Crippen LogP contribution in [0.15, 0.2) is 17.0 Å². The molecule has 6 nitrogen and oxygen atoms in total. The third-order valence-corrected chi connectivity index (χ3v) is 6.67. The van der Waals surface area contributed by atoms with Crippen LogP contribution in [0.2, 0.25) is 0 Å². The van der Waals surface area contributed by atoms with Crippen LogP contribution in [0.1, 0.15) is 56.7 Å². The normalized spacial score (nSPS) is 22.3. The van der Waals surface area contributed by atoms with Crippen LogP contribution in [-0.2, 0) is 14.3 Å². The summed E-state index contributed by atoms with van der Waals surface area (Å²) in [6.07, 6.45) is 2.81. The van der Waals surface area contributed by atoms with Crippen LogP contribution in [0.4, 0.5) is 10.5 Å². The molecule has 1 saturated heterocycles. The van der Waals surface area contributed by atoms with Gasteiger partial charge < -0.3 is 9.64 Å². The minimum Gasteiger partial charge on any atom is -0.468 e. The van der Waals surface area contributed by atoms with Crippen molar-refractivity contribution in [2.24, 2.45) is 0 Å². The monoisotopic (exact) mass is 416 g/mol. The average molecular weight is 417 g/mol. The van der Waals surface area contributed by atoms with Crippen molar-refractivity contribution in [3.63, 3.8) is 0 Å². The molecule has 0 radical (unpaired) electrons. The molecule has 1 aromatic carbocycles. The largest absolute Gasteiger partial charge is 0.468 e. The Bertz CT molecular complexity index is 906. The van der Waals surface area contributed by atoms with Crippen LogP contribution >= 0.6 is 11.8 Å². The average Bonchev–Trinajstić information content (AvgIpc) is 2.90. The molecule has 0 unspecified atom stereocenters. The lowest BCUT2D eigenvalue weighted by Crippen LogP contribution is -2.48. The first kappa shape index (κ1) is 21.4. The van der Waals surface area contributed by atoms with Crippen LogP contribution in [0.25, 0.3) is 6.08 Å². The molecule has 1 aromatic rings. The Morgan fingerprint density at radius 3 is 2.66 bits per heavy atom. The topological polar surface area (TPSA) is 66.9 Å². The molecule has 0 saturated carbocycles. The van der Waals surface area contributed by atoms with Crippen LogP contribution < -0.4 is 4.90 Å². The first-order valence-electron chi connectivity index (χ1n) is 9.83. The van der Waals surface area contributed by atoms with Gasteiger partial charge in [0, 0.05) is 17.8 Å². The lowest BCUT2D eigenvalue weighted by atomic mass is 9.79. The Labute approximate surface area is 176 Å². The second-order valence-electron chi connectivity index (χ2n) is 8.27. The molecule has 0 bridgehead atoms. The summed E-state index contributed by atoms with van der Waals surface area (Å²) in [6.45, 7) is 11.5. The van der Waals surface area contributed by atoms with Crippen LogP contribution in [0.5, 0.6) is 0 Å². The summed E-state index contributed by atoms with van der Waals surface area (Å²) in [7, 11) is 1.23. The number of amides is 2. The van der Waals surface area contributed by atoms with Gasteiger partial charge in [0.25, 0.3) is 11.1 Å². The van der Waals surface area contributed by atoms with Gasteiger partial charge >= 0.3 is 5.97 Å². The molecule has 0 aliphatic carbocycles. The number of anilines is 1. The van der Waals surface area contributed by atoms with E-state index in [1.165, 1.54) is 18.4 Å². The van der Waals surface area contributed by atoms with Crippen LogP contribution in [0, 0.1) is 6.92 Å².